The third-order valence-corrected chi connectivity index (χ3v) is 2.48. The molecule has 4 heteroatoms. The lowest BCUT2D eigenvalue weighted by Crippen LogP contribution is -2.40. The third-order valence-electron chi connectivity index (χ3n) is 2.48. The summed E-state index contributed by atoms with van der Waals surface area (Å²) in [6.07, 6.45) is 0. The van der Waals surface area contributed by atoms with E-state index >= 15 is 0 Å². The van der Waals surface area contributed by atoms with E-state index in [1.165, 1.54) is 0 Å². The molecule has 0 fully saturated rings. The molecular formula is C12H19NO3. The minimum Gasteiger partial charge on any atom is -0.507 e. The predicted molar refractivity (Wildman–Crippen MR) is 62.3 cm³/mol. The topological polar surface area (TPSA) is 72.7 Å². The van der Waals surface area contributed by atoms with Gasteiger partial charge < -0.3 is 20.6 Å². The molecule has 0 amide bonds. The Balaban J connectivity index is 2.53. The highest BCUT2D eigenvalue weighted by Gasteiger charge is 2.18. The van der Waals surface area contributed by atoms with Gasteiger partial charge in [-0.1, -0.05) is 18.2 Å². The molecule has 1 aromatic rings. The zero-order chi connectivity index (χ0) is 12.2. The molecule has 0 saturated carbocycles. The van der Waals surface area contributed by atoms with Crippen LogP contribution in [0, 0.1) is 6.92 Å². The molecule has 0 bridgehead atoms. The molecular weight excluding hydrogens is 206 g/mol. The normalized spacial score (nSPS) is 14.8. The monoisotopic (exact) mass is 225 g/mol. The molecule has 0 aliphatic heterocycles. The van der Waals surface area contributed by atoms with Crippen LogP contribution in [0.15, 0.2) is 18.2 Å². The molecule has 0 aliphatic rings. The van der Waals surface area contributed by atoms with Gasteiger partial charge in [0.2, 0.25) is 0 Å². The van der Waals surface area contributed by atoms with Crippen LogP contribution < -0.4 is 5.32 Å². The SMILES string of the molecule is Cc1cccc(CNCC(C)(O)CO)c1O. The van der Waals surface area contributed by atoms with Crippen LogP contribution in [0.3, 0.4) is 0 Å². The van der Waals surface area contributed by atoms with Crippen LogP contribution in [0.2, 0.25) is 0 Å². The summed E-state index contributed by atoms with van der Waals surface area (Å²) < 4.78 is 0. The minimum absolute atomic E-state index is 0.275. The highest BCUT2D eigenvalue weighted by molar-refractivity contribution is 5.39. The Morgan fingerprint density at radius 1 is 1.38 bits per heavy atom. The van der Waals surface area contributed by atoms with Crippen molar-refractivity contribution in [2.24, 2.45) is 0 Å². The van der Waals surface area contributed by atoms with E-state index in [1.54, 1.807) is 6.92 Å². The Morgan fingerprint density at radius 2 is 2.06 bits per heavy atom. The average Bonchev–Trinajstić information content (AvgIpc) is 2.24. The standard InChI is InChI=1S/C12H19NO3/c1-9-4-3-5-10(11(9)15)6-13-7-12(2,16)8-14/h3-5,13-16H,6-8H2,1-2H3. The van der Waals surface area contributed by atoms with Gasteiger partial charge in [-0.05, 0) is 19.4 Å². The molecule has 0 heterocycles. The van der Waals surface area contributed by atoms with E-state index in [0.29, 0.717) is 6.54 Å². The summed E-state index contributed by atoms with van der Waals surface area (Å²) >= 11 is 0. The Hall–Kier alpha value is -1.10. The van der Waals surface area contributed by atoms with Gasteiger partial charge in [-0.2, -0.15) is 0 Å². The number of aryl methyl sites for hydroxylation is 1. The number of nitrogens with one attached hydrogen (secondary N) is 1. The van der Waals surface area contributed by atoms with Gasteiger partial charge in [0, 0.05) is 18.7 Å². The van der Waals surface area contributed by atoms with E-state index in [4.69, 9.17) is 5.11 Å². The molecule has 0 spiro atoms. The van der Waals surface area contributed by atoms with Gasteiger partial charge in [0.1, 0.15) is 5.75 Å². The fraction of sp³-hybridized carbons (Fsp3) is 0.500. The Morgan fingerprint density at radius 3 is 2.69 bits per heavy atom. The third kappa shape index (κ3) is 3.48. The van der Waals surface area contributed by atoms with Crippen LogP contribution in [0.5, 0.6) is 5.75 Å². The lowest BCUT2D eigenvalue weighted by Gasteiger charge is -2.20. The number of aromatic hydroxyl groups is 1. The van der Waals surface area contributed by atoms with Gasteiger partial charge in [0.15, 0.2) is 0 Å². The van der Waals surface area contributed by atoms with Crippen molar-refractivity contribution in [2.45, 2.75) is 26.0 Å². The first-order valence-corrected chi connectivity index (χ1v) is 5.28. The van der Waals surface area contributed by atoms with Gasteiger partial charge in [0.25, 0.3) is 0 Å². The maximum absolute atomic E-state index is 9.73. The molecule has 1 aromatic carbocycles. The zero-order valence-electron chi connectivity index (χ0n) is 9.70. The molecule has 0 aromatic heterocycles. The molecule has 1 atom stereocenters. The summed E-state index contributed by atoms with van der Waals surface area (Å²) in [5.41, 5.74) is 0.487. The summed E-state index contributed by atoms with van der Waals surface area (Å²) in [4.78, 5) is 0. The van der Waals surface area contributed by atoms with E-state index in [9.17, 15) is 10.2 Å². The lowest BCUT2D eigenvalue weighted by atomic mass is 10.1. The van der Waals surface area contributed by atoms with Gasteiger partial charge in [-0.15, -0.1) is 0 Å². The molecule has 4 N–H and O–H groups in total. The lowest BCUT2D eigenvalue weighted by molar-refractivity contribution is 0.00250. The number of para-hydroxylation sites is 1. The smallest absolute Gasteiger partial charge is 0.122 e. The van der Waals surface area contributed by atoms with Gasteiger partial charge in [-0.25, -0.2) is 0 Å². The summed E-state index contributed by atoms with van der Waals surface area (Å²) in [7, 11) is 0. The minimum atomic E-state index is -1.13. The molecule has 0 radical (unpaired) electrons. The fourth-order valence-electron chi connectivity index (χ4n) is 1.38. The van der Waals surface area contributed by atoms with Crippen LogP contribution in [0.4, 0.5) is 0 Å². The number of hydrogen-bond donors (Lipinski definition) is 4. The molecule has 1 unspecified atom stereocenters. The van der Waals surface area contributed by atoms with Crippen molar-refractivity contribution in [1.29, 1.82) is 0 Å². The second-order valence-corrected chi connectivity index (χ2v) is 4.34. The van der Waals surface area contributed by atoms with Crippen LogP contribution in [0.1, 0.15) is 18.1 Å². The molecule has 0 aliphatic carbocycles. The maximum Gasteiger partial charge on any atom is 0.122 e. The first-order valence-electron chi connectivity index (χ1n) is 5.28. The maximum atomic E-state index is 9.73. The van der Waals surface area contributed by atoms with Crippen molar-refractivity contribution in [3.63, 3.8) is 0 Å². The van der Waals surface area contributed by atoms with Gasteiger partial charge >= 0.3 is 0 Å². The highest BCUT2D eigenvalue weighted by Crippen LogP contribution is 2.20. The summed E-state index contributed by atoms with van der Waals surface area (Å²) in [6.45, 7) is 3.83. The first-order chi connectivity index (χ1) is 7.46. The number of hydrogen-bond acceptors (Lipinski definition) is 4. The number of rotatable bonds is 5. The Kier molecular flexibility index (Phi) is 4.29. The van der Waals surface area contributed by atoms with Crippen molar-refractivity contribution in [2.75, 3.05) is 13.2 Å². The molecule has 90 valence electrons. The van der Waals surface area contributed by atoms with E-state index in [0.717, 1.165) is 11.1 Å². The number of aliphatic hydroxyl groups is 2. The molecule has 0 saturated heterocycles. The van der Waals surface area contributed by atoms with Gasteiger partial charge in [-0.3, -0.25) is 0 Å². The van der Waals surface area contributed by atoms with Crippen molar-refractivity contribution in [3.05, 3.63) is 29.3 Å². The summed E-state index contributed by atoms with van der Waals surface area (Å²) in [5, 5.41) is 31.1. The molecule has 4 nitrogen and oxygen atoms in total. The van der Waals surface area contributed by atoms with Gasteiger partial charge in [0.05, 0.1) is 12.2 Å². The number of benzene rings is 1. The Bertz CT molecular complexity index is 350. The predicted octanol–water partition coefficient (Wildman–Crippen LogP) is 0.534. The second kappa shape index (κ2) is 5.30. The van der Waals surface area contributed by atoms with Crippen molar-refractivity contribution < 1.29 is 15.3 Å². The highest BCUT2D eigenvalue weighted by atomic mass is 16.3. The van der Waals surface area contributed by atoms with Crippen LogP contribution in [-0.4, -0.2) is 34.1 Å². The number of phenolic OH excluding ortho intramolecular Hbond substituents is 1. The second-order valence-electron chi connectivity index (χ2n) is 4.34. The quantitative estimate of drug-likeness (QED) is 0.590. The Labute approximate surface area is 95.6 Å². The van der Waals surface area contributed by atoms with E-state index < -0.39 is 5.60 Å². The molecule has 16 heavy (non-hydrogen) atoms. The van der Waals surface area contributed by atoms with Crippen molar-refractivity contribution >= 4 is 0 Å². The average molecular weight is 225 g/mol. The zero-order valence-corrected chi connectivity index (χ0v) is 9.70. The van der Waals surface area contributed by atoms with Crippen LogP contribution >= 0.6 is 0 Å². The molecule has 1 rings (SSSR count). The summed E-state index contributed by atoms with van der Waals surface area (Å²) in [5.74, 6) is 0.277. The van der Waals surface area contributed by atoms with E-state index in [1.807, 2.05) is 25.1 Å². The first kappa shape index (κ1) is 13.0. The van der Waals surface area contributed by atoms with Crippen molar-refractivity contribution in [1.82, 2.24) is 5.32 Å². The van der Waals surface area contributed by atoms with Crippen LogP contribution in [-0.2, 0) is 6.54 Å². The fourth-order valence-corrected chi connectivity index (χ4v) is 1.38. The van der Waals surface area contributed by atoms with Crippen LogP contribution in [0.25, 0.3) is 0 Å². The largest absolute Gasteiger partial charge is 0.507 e. The number of aliphatic hydroxyl groups excluding tert-OH is 1. The van der Waals surface area contributed by atoms with E-state index in [-0.39, 0.29) is 18.9 Å². The summed E-state index contributed by atoms with van der Waals surface area (Å²) in [6, 6.07) is 5.53. The van der Waals surface area contributed by atoms with E-state index in [2.05, 4.69) is 5.32 Å². The van der Waals surface area contributed by atoms with Crippen molar-refractivity contribution in [3.8, 4) is 5.75 Å². The number of phenols is 1.